The summed E-state index contributed by atoms with van der Waals surface area (Å²) in [4.78, 5) is 25.9. The topological polar surface area (TPSA) is 70.1 Å². The van der Waals surface area contributed by atoms with Gasteiger partial charge in [0.25, 0.3) is 0 Å². The second-order valence-corrected chi connectivity index (χ2v) is 6.85. The minimum Gasteiger partial charge on any atom is -0.491 e. The van der Waals surface area contributed by atoms with Crippen molar-refractivity contribution in [2.75, 3.05) is 26.7 Å². The molecule has 1 aromatic carbocycles. The Kier molecular flexibility index (Phi) is 4.94. The Balaban J connectivity index is 1.97. The normalized spacial score (nSPS) is 16.9. The van der Waals surface area contributed by atoms with Crippen LogP contribution in [0.2, 0.25) is 0 Å². The lowest BCUT2D eigenvalue weighted by Crippen LogP contribution is -2.40. The van der Waals surface area contributed by atoms with Crippen LogP contribution in [0, 0.1) is 0 Å². The van der Waals surface area contributed by atoms with Gasteiger partial charge in [0.15, 0.2) is 0 Å². The van der Waals surface area contributed by atoms with Crippen LogP contribution >= 0.6 is 0 Å². The number of amides is 3. The molecule has 0 saturated carbocycles. The summed E-state index contributed by atoms with van der Waals surface area (Å²) < 4.78 is 5.72. The van der Waals surface area contributed by atoms with E-state index in [1.807, 2.05) is 24.3 Å². The fourth-order valence-electron chi connectivity index (χ4n) is 2.51. The van der Waals surface area contributed by atoms with E-state index in [4.69, 9.17) is 4.74 Å². The van der Waals surface area contributed by atoms with Crippen molar-refractivity contribution in [2.24, 2.45) is 0 Å². The molecule has 1 fully saturated rings. The third-order valence-corrected chi connectivity index (χ3v) is 3.75. The molecule has 2 rings (SSSR count). The van der Waals surface area contributed by atoms with Crippen LogP contribution in [0.4, 0.5) is 4.79 Å². The van der Waals surface area contributed by atoms with Gasteiger partial charge >= 0.3 is 6.03 Å². The van der Waals surface area contributed by atoms with Gasteiger partial charge < -0.3 is 14.7 Å². The van der Waals surface area contributed by atoms with Gasteiger partial charge in [0.2, 0.25) is 5.91 Å². The molecule has 23 heavy (non-hydrogen) atoms. The summed E-state index contributed by atoms with van der Waals surface area (Å²) in [6.07, 6.45) is -0.928. The maximum atomic E-state index is 11.8. The molecule has 1 heterocycles. The number of urea groups is 1. The van der Waals surface area contributed by atoms with E-state index in [0.717, 1.165) is 10.5 Å². The summed E-state index contributed by atoms with van der Waals surface area (Å²) in [6.45, 7) is 6.28. The number of hydrogen-bond donors (Lipinski definition) is 1. The van der Waals surface area contributed by atoms with Gasteiger partial charge in [-0.1, -0.05) is 39.0 Å². The van der Waals surface area contributed by atoms with Crippen LogP contribution in [-0.4, -0.2) is 59.7 Å². The van der Waals surface area contributed by atoms with Gasteiger partial charge in [-0.2, -0.15) is 0 Å². The fraction of sp³-hybridized carbons (Fsp3) is 0.529. The maximum absolute atomic E-state index is 11.8. The van der Waals surface area contributed by atoms with Crippen LogP contribution in [0.5, 0.6) is 5.75 Å². The molecule has 6 nitrogen and oxygen atoms in total. The van der Waals surface area contributed by atoms with Crippen molar-refractivity contribution < 1.29 is 19.4 Å². The Morgan fingerprint density at radius 2 is 1.91 bits per heavy atom. The van der Waals surface area contributed by atoms with E-state index in [0.29, 0.717) is 5.75 Å². The first-order valence-electron chi connectivity index (χ1n) is 7.66. The number of ether oxygens (including phenoxy) is 1. The van der Waals surface area contributed by atoms with E-state index in [1.54, 1.807) is 7.05 Å². The highest BCUT2D eigenvalue weighted by Gasteiger charge is 2.34. The molecule has 0 radical (unpaired) electrons. The summed E-state index contributed by atoms with van der Waals surface area (Å²) in [6, 6.07) is 7.28. The highest BCUT2D eigenvalue weighted by molar-refractivity contribution is 6.01. The van der Waals surface area contributed by atoms with Gasteiger partial charge in [0, 0.05) is 7.05 Å². The molecule has 126 valence electrons. The number of nitrogens with zero attached hydrogens (tertiary/aromatic N) is 2. The second-order valence-electron chi connectivity index (χ2n) is 6.85. The zero-order valence-electron chi connectivity index (χ0n) is 14.1. The lowest BCUT2D eigenvalue weighted by atomic mass is 9.86. The van der Waals surface area contributed by atoms with Gasteiger partial charge in [-0.3, -0.25) is 9.69 Å². The molecule has 1 N–H and O–H groups in total. The summed E-state index contributed by atoms with van der Waals surface area (Å²) in [7, 11) is 1.56. The number of β-amino-alcohol motifs (C(OH)–C–C–N with tert-alkyl or cyclic N) is 1. The molecule has 1 aliphatic heterocycles. The Morgan fingerprint density at radius 1 is 1.26 bits per heavy atom. The summed E-state index contributed by atoms with van der Waals surface area (Å²) in [5.74, 6) is 0.405. The fourth-order valence-corrected chi connectivity index (χ4v) is 2.51. The minimum absolute atomic E-state index is 0.0217. The Hall–Kier alpha value is -2.08. The molecule has 6 heteroatoms. The Bertz CT molecular complexity index is 595. The van der Waals surface area contributed by atoms with E-state index in [1.165, 1.54) is 4.90 Å². The first-order valence-corrected chi connectivity index (χ1v) is 7.66. The van der Waals surface area contributed by atoms with Gasteiger partial charge in [-0.15, -0.1) is 0 Å². The summed E-state index contributed by atoms with van der Waals surface area (Å²) in [5.41, 5.74) is 0.964. The lowest BCUT2D eigenvalue weighted by Gasteiger charge is -2.24. The first kappa shape index (κ1) is 17.3. The first-order chi connectivity index (χ1) is 10.7. The number of hydrogen-bond acceptors (Lipinski definition) is 4. The van der Waals surface area contributed by atoms with E-state index in [2.05, 4.69) is 20.8 Å². The second kappa shape index (κ2) is 6.58. The molecule has 1 atom stereocenters. The summed E-state index contributed by atoms with van der Waals surface area (Å²) >= 11 is 0. The van der Waals surface area contributed by atoms with Gasteiger partial charge in [-0.25, -0.2) is 4.79 Å². The van der Waals surface area contributed by atoms with E-state index in [-0.39, 0.29) is 37.0 Å². The number of likely N-dealkylation sites (N-methyl/N-ethyl adjacent to an activating group) is 1. The molecule has 1 aromatic rings. The molecular formula is C17H24N2O4. The lowest BCUT2D eigenvalue weighted by molar-refractivity contribution is -0.126. The van der Waals surface area contributed by atoms with Gasteiger partial charge in [0.05, 0.1) is 6.54 Å². The number of carbonyl (C=O) groups excluding carboxylic acids is 2. The monoisotopic (exact) mass is 320 g/mol. The average Bonchev–Trinajstić information content (AvgIpc) is 2.71. The number of aliphatic hydroxyl groups excluding tert-OH is 1. The van der Waals surface area contributed by atoms with E-state index < -0.39 is 6.10 Å². The largest absolute Gasteiger partial charge is 0.491 e. The van der Waals surface area contributed by atoms with Crippen molar-refractivity contribution in [3.8, 4) is 5.75 Å². The number of carbonyl (C=O) groups is 2. The van der Waals surface area contributed by atoms with Crippen LogP contribution in [0.1, 0.15) is 26.3 Å². The SMILES string of the molecule is CN1CC(=O)N(CC(O)COc2ccccc2C(C)(C)C)C1=O. The van der Waals surface area contributed by atoms with Crippen molar-refractivity contribution >= 4 is 11.9 Å². The van der Waals surface area contributed by atoms with Crippen LogP contribution in [0.3, 0.4) is 0 Å². The van der Waals surface area contributed by atoms with Gasteiger partial charge in [-0.05, 0) is 17.0 Å². The standard InChI is InChI=1S/C17H24N2O4/c1-17(2,3)13-7-5-6-8-14(13)23-11-12(20)9-19-15(21)10-18(4)16(19)22/h5-8,12,20H,9-11H2,1-4H3. The number of imide groups is 1. The predicted molar refractivity (Wildman–Crippen MR) is 86.4 cm³/mol. The quantitative estimate of drug-likeness (QED) is 0.837. The van der Waals surface area contributed by atoms with Crippen LogP contribution in [0.15, 0.2) is 24.3 Å². The molecule has 0 spiro atoms. The van der Waals surface area contributed by atoms with Crippen LogP contribution in [-0.2, 0) is 10.2 Å². The van der Waals surface area contributed by atoms with Gasteiger partial charge in [0.1, 0.15) is 25.0 Å². The molecule has 0 aromatic heterocycles. The highest BCUT2D eigenvalue weighted by Crippen LogP contribution is 2.31. The zero-order chi connectivity index (χ0) is 17.2. The Morgan fingerprint density at radius 3 is 2.48 bits per heavy atom. The smallest absolute Gasteiger partial charge is 0.327 e. The molecule has 1 saturated heterocycles. The highest BCUT2D eigenvalue weighted by atomic mass is 16.5. The number of aliphatic hydroxyl groups is 1. The predicted octanol–water partition coefficient (Wildman–Crippen LogP) is 1.62. The van der Waals surface area contributed by atoms with Crippen molar-refractivity contribution in [3.63, 3.8) is 0 Å². The minimum atomic E-state index is -0.928. The molecule has 0 aliphatic carbocycles. The third kappa shape index (κ3) is 4.01. The molecule has 1 aliphatic rings. The maximum Gasteiger partial charge on any atom is 0.327 e. The van der Waals surface area contributed by atoms with Crippen LogP contribution < -0.4 is 4.74 Å². The third-order valence-electron chi connectivity index (χ3n) is 3.75. The Labute approximate surface area is 136 Å². The number of para-hydroxylation sites is 1. The van der Waals surface area contributed by atoms with E-state index in [9.17, 15) is 14.7 Å². The molecule has 1 unspecified atom stereocenters. The molecule has 3 amide bonds. The van der Waals surface area contributed by atoms with Crippen LogP contribution in [0.25, 0.3) is 0 Å². The van der Waals surface area contributed by atoms with Crippen molar-refractivity contribution in [1.82, 2.24) is 9.80 Å². The molecular weight excluding hydrogens is 296 g/mol. The molecule has 0 bridgehead atoms. The van der Waals surface area contributed by atoms with Crippen molar-refractivity contribution in [2.45, 2.75) is 32.3 Å². The number of benzene rings is 1. The number of rotatable bonds is 5. The zero-order valence-corrected chi connectivity index (χ0v) is 14.1. The summed E-state index contributed by atoms with van der Waals surface area (Å²) in [5, 5.41) is 10.1. The van der Waals surface area contributed by atoms with E-state index >= 15 is 0 Å². The van der Waals surface area contributed by atoms with Crippen molar-refractivity contribution in [1.29, 1.82) is 0 Å². The van der Waals surface area contributed by atoms with Crippen molar-refractivity contribution in [3.05, 3.63) is 29.8 Å². The average molecular weight is 320 g/mol.